The molecule has 0 spiro atoms. The highest BCUT2D eigenvalue weighted by Crippen LogP contribution is 2.38. The van der Waals surface area contributed by atoms with Gasteiger partial charge in [0.15, 0.2) is 0 Å². The van der Waals surface area contributed by atoms with Gasteiger partial charge in [-0.05, 0) is 42.3 Å². The second-order valence-corrected chi connectivity index (χ2v) is 8.09. The summed E-state index contributed by atoms with van der Waals surface area (Å²) >= 11 is 0. The van der Waals surface area contributed by atoms with E-state index in [-0.39, 0.29) is 17.9 Å². The summed E-state index contributed by atoms with van der Waals surface area (Å²) in [7, 11) is 1.62. The van der Waals surface area contributed by atoms with Gasteiger partial charge in [0.2, 0.25) is 0 Å². The number of Topliss-reactive ketones (excluding diaryl/α,β-unsaturated/α-hetero) is 1. The number of carbonyl (C=O) groups is 2. The number of H-pyrrole nitrogens is 1. The summed E-state index contributed by atoms with van der Waals surface area (Å²) in [5.41, 5.74) is 3.02. The molecule has 7 heteroatoms. The molecule has 1 aliphatic heterocycles. The normalized spacial score (nSPS) is 17.4. The Bertz CT molecular complexity index is 1390. The SMILES string of the molecule is COc1ccc2[nH]cc(CCN3C(=O)C(=O)/C(=C(\O)c4ccccc4)C3c3ccccn3)c2c1. The molecule has 1 amide bonds. The molecule has 0 saturated carbocycles. The molecule has 0 aliphatic carbocycles. The van der Waals surface area contributed by atoms with Crippen LogP contribution in [0.15, 0.2) is 84.7 Å². The van der Waals surface area contributed by atoms with Crippen LogP contribution in [0.25, 0.3) is 16.7 Å². The Morgan fingerprint density at radius 2 is 1.88 bits per heavy atom. The van der Waals surface area contributed by atoms with Crippen LogP contribution in [0.3, 0.4) is 0 Å². The van der Waals surface area contributed by atoms with E-state index >= 15 is 0 Å². The molecule has 1 atom stereocenters. The van der Waals surface area contributed by atoms with Crippen molar-refractivity contribution in [1.29, 1.82) is 0 Å². The maximum Gasteiger partial charge on any atom is 0.295 e. The Balaban J connectivity index is 1.54. The number of nitrogens with zero attached hydrogens (tertiary/aromatic N) is 2. The standard InChI is InChI=1S/C27H23N3O4/c1-34-19-10-11-21-20(15-19)18(16-29-21)12-14-30-24(22-9-5-6-13-28-22)23(26(32)27(30)33)25(31)17-7-3-2-4-8-17/h2-11,13,15-16,24,29,31H,12,14H2,1H3/b25-23-. The third-order valence-corrected chi connectivity index (χ3v) is 6.15. The van der Waals surface area contributed by atoms with Crippen LogP contribution < -0.4 is 4.74 Å². The highest BCUT2D eigenvalue weighted by atomic mass is 16.5. The number of amides is 1. The topological polar surface area (TPSA) is 95.5 Å². The summed E-state index contributed by atoms with van der Waals surface area (Å²) in [6.07, 6.45) is 4.03. The number of fused-ring (bicyclic) bond motifs is 1. The Morgan fingerprint density at radius 3 is 2.62 bits per heavy atom. The number of pyridine rings is 1. The highest BCUT2D eigenvalue weighted by molar-refractivity contribution is 6.46. The van der Waals surface area contributed by atoms with E-state index < -0.39 is 17.7 Å². The summed E-state index contributed by atoms with van der Waals surface area (Å²) in [4.78, 5) is 35.4. The molecule has 0 bridgehead atoms. The largest absolute Gasteiger partial charge is 0.507 e. The molecule has 3 heterocycles. The van der Waals surface area contributed by atoms with E-state index in [1.807, 2.05) is 30.5 Å². The number of aromatic amines is 1. The Kier molecular flexibility index (Phi) is 5.59. The molecule has 4 aromatic rings. The number of benzene rings is 2. The lowest BCUT2D eigenvalue weighted by Gasteiger charge is -2.24. The number of aromatic nitrogens is 2. The molecule has 34 heavy (non-hydrogen) atoms. The van der Waals surface area contributed by atoms with Crippen molar-refractivity contribution in [3.63, 3.8) is 0 Å². The van der Waals surface area contributed by atoms with Gasteiger partial charge in [0.1, 0.15) is 17.6 Å². The molecule has 2 N–H and O–H groups in total. The average Bonchev–Trinajstić information content (AvgIpc) is 3.40. The number of ether oxygens (including phenoxy) is 1. The van der Waals surface area contributed by atoms with E-state index in [9.17, 15) is 14.7 Å². The number of methoxy groups -OCH3 is 1. The molecule has 7 nitrogen and oxygen atoms in total. The monoisotopic (exact) mass is 453 g/mol. The number of hydrogen-bond acceptors (Lipinski definition) is 5. The first-order chi connectivity index (χ1) is 16.6. The molecule has 170 valence electrons. The Hall–Kier alpha value is -4.39. The maximum absolute atomic E-state index is 13.1. The molecule has 0 radical (unpaired) electrons. The smallest absolute Gasteiger partial charge is 0.295 e. The van der Waals surface area contributed by atoms with Gasteiger partial charge in [-0.3, -0.25) is 14.6 Å². The number of aliphatic hydroxyl groups excluding tert-OH is 1. The zero-order valence-corrected chi connectivity index (χ0v) is 18.6. The molecular weight excluding hydrogens is 430 g/mol. The number of nitrogens with one attached hydrogen (secondary N) is 1. The van der Waals surface area contributed by atoms with Crippen molar-refractivity contribution < 1.29 is 19.4 Å². The molecule has 1 fully saturated rings. The first-order valence-corrected chi connectivity index (χ1v) is 11.0. The van der Waals surface area contributed by atoms with Gasteiger partial charge in [-0.2, -0.15) is 0 Å². The van der Waals surface area contributed by atoms with Crippen LogP contribution >= 0.6 is 0 Å². The number of carbonyl (C=O) groups excluding carboxylic acids is 2. The number of likely N-dealkylation sites (tertiary alicyclic amines) is 1. The second-order valence-electron chi connectivity index (χ2n) is 8.09. The average molecular weight is 453 g/mol. The maximum atomic E-state index is 13.1. The summed E-state index contributed by atoms with van der Waals surface area (Å²) in [5, 5.41) is 12.0. The second kappa shape index (κ2) is 8.86. The molecule has 5 rings (SSSR count). The molecule has 2 aromatic heterocycles. The van der Waals surface area contributed by atoms with Crippen LogP contribution in [0.1, 0.15) is 22.9 Å². The lowest BCUT2D eigenvalue weighted by atomic mass is 9.98. The fraction of sp³-hybridized carbons (Fsp3) is 0.148. The summed E-state index contributed by atoms with van der Waals surface area (Å²) in [5.74, 6) is -0.817. The molecule has 1 aliphatic rings. The first-order valence-electron chi connectivity index (χ1n) is 11.0. The van der Waals surface area contributed by atoms with Crippen LogP contribution in [0.2, 0.25) is 0 Å². The number of rotatable bonds is 6. The molecular formula is C27H23N3O4. The van der Waals surface area contributed by atoms with Gasteiger partial charge in [-0.15, -0.1) is 0 Å². The zero-order valence-electron chi connectivity index (χ0n) is 18.6. The Morgan fingerprint density at radius 1 is 1.09 bits per heavy atom. The number of hydrogen-bond donors (Lipinski definition) is 2. The van der Waals surface area contributed by atoms with E-state index in [2.05, 4.69) is 9.97 Å². The zero-order chi connectivity index (χ0) is 23.7. The molecule has 1 saturated heterocycles. The van der Waals surface area contributed by atoms with Crippen molar-refractivity contribution in [3.05, 3.63) is 102 Å². The van der Waals surface area contributed by atoms with Crippen molar-refractivity contribution in [1.82, 2.24) is 14.9 Å². The van der Waals surface area contributed by atoms with Crippen LogP contribution in [-0.2, 0) is 16.0 Å². The van der Waals surface area contributed by atoms with Gasteiger partial charge in [0.05, 0.1) is 18.4 Å². The van der Waals surface area contributed by atoms with Gasteiger partial charge in [0, 0.05) is 35.4 Å². The number of aliphatic hydroxyl groups is 1. The Labute approximate surface area is 196 Å². The van der Waals surface area contributed by atoms with E-state index in [0.29, 0.717) is 17.7 Å². The van der Waals surface area contributed by atoms with E-state index in [4.69, 9.17) is 4.74 Å². The first kappa shape index (κ1) is 21.5. The fourth-order valence-corrected chi connectivity index (χ4v) is 4.44. The molecule has 1 unspecified atom stereocenters. The van der Waals surface area contributed by atoms with Gasteiger partial charge in [-0.25, -0.2) is 0 Å². The minimum atomic E-state index is -0.777. The molecule has 2 aromatic carbocycles. The summed E-state index contributed by atoms with van der Waals surface area (Å²) in [6.45, 7) is 0.279. The summed E-state index contributed by atoms with van der Waals surface area (Å²) in [6, 6.07) is 19.1. The van der Waals surface area contributed by atoms with E-state index in [1.54, 1.807) is 55.8 Å². The summed E-state index contributed by atoms with van der Waals surface area (Å²) < 4.78 is 5.35. The third-order valence-electron chi connectivity index (χ3n) is 6.15. The van der Waals surface area contributed by atoms with Gasteiger partial charge >= 0.3 is 0 Å². The van der Waals surface area contributed by atoms with Gasteiger partial charge < -0.3 is 19.7 Å². The minimum Gasteiger partial charge on any atom is -0.507 e. The highest BCUT2D eigenvalue weighted by Gasteiger charge is 2.46. The van der Waals surface area contributed by atoms with Crippen LogP contribution in [-0.4, -0.2) is 45.3 Å². The predicted molar refractivity (Wildman–Crippen MR) is 128 cm³/mol. The van der Waals surface area contributed by atoms with Gasteiger partial charge in [0.25, 0.3) is 11.7 Å². The van der Waals surface area contributed by atoms with E-state index in [1.165, 1.54) is 4.90 Å². The van der Waals surface area contributed by atoms with Gasteiger partial charge in [-0.1, -0.05) is 36.4 Å². The van der Waals surface area contributed by atoms with Crippen LogP contribution in [0, 0.1) is 0 Å². The van der Waals surface area contributed by atoms with Crippen molar-refractivity contribution in [3.8, 4) is 5.75 Å². The lowest BCUT2D eigenvalue weighted by Crippen LogP contribution is -2.32. The minimum absolute atomic E-state index is 0.0514. The van der Waals surface area contributed by atoms with Crippen molar-refractivity contribution in [2.45, 2.75) is 12.5 Å². The van der Waals surface area contributed by atoms with E-state index in [0.717, 1.165) is 22.2 Å². The third kappa shape index (κ3) is 3.71. The fourth-order valence-electron chi connectivity index (χ4n) is 4.44. The number of ketones is 1. The van der Waals surface area contributed by atoms with Crippen molar-refractivity contribution >= 4 is 28.4 Å². The predicted octanol–water partition coefficient (Wildman–Crippen LogP) is 4.24. The van der Waals surface area contributed by atoms with Crippen LogP contribution in [0.4, 0.5) is 0 Å². The van der Waals surface area contributed by atoms with Crippen molar-refractivity contribution in [2.24, 2.45) is 0 Å². The quantitative estimate of drug-likeness (QED) is 0.259. The van der Waals surface area contributed by atoms with Crippen molar-refractivity contribution in [2.75, 3.05) is 13.7 Å². The lowest BCUT2D eigenvalue weighted by molar-refractivity contribution is -0.139. The van der Waals surface area contributed by atoms with Crippen LogP contribution in [0.5, 0.6) is 5.75 Å².